The Labute approximate surface area is 212 Å². The van der Waals surface area contributed by atoms with Gasteiger partial charge in [-0.15, -0.1) is 0 Å². The molecule has 1 saturated carbocycles. The van der Waals surface area contributed by atoms with E-state index in [9.17, 15) is 4.79 Å². The molecule has 2 saturated heterocycles. The minimum absolute atomic E-state index is 0.143. The number of rotatable bonds is 8. The van der Waals surface area contributed by atoms with Crippen LogP contribution in [-0.4, -0.2) is 89.9 Å². The van der Waals surface area contributed by atoms with Gasteiger partial charge in [-0.05, 0) is 44.2 Å². The standard InChI is InChI=1S/C30H44N4O/c1-6-11-24(7-2)28(25-12-9-8-10-13-25)32-16-18-33(19-17-32)29(35)27-22-26(27)23-31-14-20-34(21-15-31)30(3,4)5/h6-13,26-28H,1-2,14-23H2,3-5H3/b24-11+. The van der Waals surface area contributed by atoms with E-state index in [1.807, 2.05) is 12.2 Å². The van der Waals surface area contributed by atoms with Crippen LogP contribution in [0.4, 0.5) is 0 Å². The molecule has 1 amide bonds. The van der Waals surface area contributed by atoms with Crippen molar-refractivity contribution >= 4 is 5.91 Å². The van der Waals surface area contributed by atoms with Crippen molar-refractivity contribution in [3.8, 4) is 0 Å². The second-order valence-corrected chi connectivity index (χ2v) is 11.3. The molecule has 2 heterocycles. The van der Waals surface area contributed by atoms with Crippen molar-refractivity contribution in [3.63, 3.8) is 0 Å². The number of benzene rings is 1. The number of hydrogen-bond acceptors (Lipinski definition) is 4. The van der Waals surface area contributed by atoms with Crippen molar-refractivity contribution in [2.24, 2.45) is 11.8 Å². The van der Waals surface area contributed by atoms with Gasteiger partial charge in [0.1, 0.15) is 0 Å². The first kappa shape index (κ1) is 25.9. The van der Waals surface area contributed by atoms with Crippen LogP contribution in [0.25, 0.3) is 0 Å². The highest BCUT2D eigenvalue weighted by molar-refractivity contribution is 5.81. The number of nitrogens with zero attached hydrogens (tertiary/aromatic N) is 4. The zero-order chi connectivity index (χ0) is 25.0. The summed E-state index contributed by atoms with van der Waals surface area (Å²) < 4.78 is 0. The lowest BCUT2D eigenvalue weighted by Crippen LogP contribution is -2.53. The fourth-order valence-electron chi connectivity index (χ4n) is 5.78. The summed E-state index contributed by atoms with van der Waals surface area (Å²) in [7, 11) is 0. The third-order valence-electron chi connectivity index (χ3n) is 8.02. The lowest BCUT2D eigenvalue weighted by atomic mass is 9.95. The molecule has 5 heteroatoms. The van der Waals surface area contributed by atoms with Crippen molar-refractivity contribution < 1.29 is 4.79 Å². The number of amides is 1. The summed E-state index contributed by atoms with van der Waals surface area (Å²) in [6.07, 6.45) is 6.89. The highest BCUT2D eigenvalue weighted by Crippen LogP contribution is 2.41. The summed E-state index contributed by atoms with van der Waals surface area (Å²) in [5.74, 6) is 1.16. The van der Waals surface area contributed by atoms with Crippen LogP contribution in [-0.2, 0) is 4.79 Å². The Kier molecular flexibility index (Phi) is 8.31. The summed E-state index contributed by atoms with van der Waals surface area (Å²) >= 11 is 0. The quantitative estimate of drug-likeness (QED) is 0.526. The molecule has 3 atom stereocenters. The van der Waals surface area contributed by atoms with Crippen molar-refractivity contribution in [2.75, 3.05) is 58.9 Å². The molecule has 3 unspecified atom stereocenters. The van der Waals surface area contributed by atoms with Gasteiger partial charge in [0.15, 0.2) is 0 Å². The van der Waals surface area contributed by atoms with Crippen LogP contribution in [0.1, 0.15) is 38.8 Å². The smallest absolute Gasteiger partial charge is 0.226 e. The van der Waals surface area contributed by atoms with E-state index in [0.29, 0.717) is 11.8 Å². The van der Waals surface area contributed by atoms with Crippen LogP contribution in [0.3, 0.4) is 0 Å². The first-order chi connectivity index (χ1) is 16.8. The fourth-order valence-corrected chi connectivity index (χ4v) is 5.78. The topological polar surface area (TPSA) is 30.0 Å². The Bertz CT molecular complexity index is 902. The lowest BCUT2D eigenvalue weighted by molar-refractivity contribution is -0.135. The van der Waals surface area contributed by atoms with Crippen LogP contribution in [0.15, 0.2) is 67.3 Å². The third kappa shape index (κ3) is 6.32. The molecule has 0 spiro atoms. The molecule has 0 N–H and O–H groups in total. The van der Waals surface area contributed by atoms with Gasteiger partial charge < -0.3 is 9.80 Å². The lowest BCUT2D eigenvalue weighted by Gasteiger charge is -2.42. The van der Waals surface area contributed by atoms with E-state index in [1.54, 1.807) is 0 Å². The molecule has 190 valence electrons. The number of hydrogen-bond donors (Lipinski definition) is 0. The molecule has 0 bridgehead atoms. The zero-order valence-electron chi connectivity index (χ0n) is 22.0. The van der Waals surface area contributed by atoms with Gasteiger partial charge >= 0.3 is 0 Å². The average Bonchev–Trinajstić information content (AvgIpc) is 3.63. The van der Waals surface area contributed by atoms with Crippen molar-refractivity contribution in [1.29, 1.82) is 0 Å². The van der Waals surface area contributed by atoms with E-state index in [1.165, 1.54) is 5.56 Å². The molecule has 1 aromatic rings. The van der Waals surface area contributed by atoms with Crippen LogP contribution in [0, 0.1) is 11.8 Å². The van der Waals surface area contributed by atoms with Gasteiger partial charge in [0.25, 0.3) is 0 Å². The van der Waals surface area contributed by atoms with E-state index in [4.69, 9.17) is 0 Å². The molecule has 3 fully saturated rings. The molecule has 0 aromatic heterocycles. The summed E-state index contributed by atoms with van der Waals surface area (Å²) in [4.78, 5) is 23.0. The summed E-state index contributed by atoms with van der Waals surface area (Å²) in [6.45, 7) is 23.8. The molecular weight excluding hydrogens is 432 g/mol. The zero-order valence-corrected chi connectivity index (χ0v) is 22.0. The van der Waals surface area contributed by atoms with Gasteiger partial charge in [0.05, 0.1) is 6.04 Å². The summed E-state index contributed by atoms with van der Waals surface area (Å²) in [5.41, 5.74) is 2.66. The van der Waals surface area contributed by atoms with Crippen molar-refractivity contribution in [2.45, 2.75) is 38.8 Å². The van der Waals surface area contributed by atoms with E-state index < -0.39 is 0 Å². The van der Waals surface area contributed by atoms with Crippen LogP contribution < -0.4 is 0 Å². The van der Waals surface area contributed by atoms with Gasteiger partial charge in [-0.2, -0.15) is 0 Å². The molecule has 0 radical (unpaired) electrons. The van der Waals surface area contributed by atoms with Gasteiger partial charge in [-0.3, -0.25) is 14.6 Å². The Hall–Kier alpha value is -2.21. The average molecular weight is 477 g/mol. The molecule has 4 rings (SSSR count). The number of piperazine rings is 2. The molecule has 1 aliphatic carbocycles. The van der Waals surface area contributed by atoms with E-state index in [-0.39, 0.29) is 17.5 Å². The van der Waals surface area contributed by atoms with E-state index in [0.717, 1.165) is 70.9 Å². The minimum Gasteiger partial charge on any atom is -0.340 e. The van der Waals surface area contributed by atoms with Crippen molar-refractivity contribution in [1.82, 2.24) is 19.6 Å². The Balaban J connectivity index is 1.28. The third-order valence-corrected chi connectivity index (χ3v) is 8.02. The molecule has 2 aliphatic heterocycles. The Morgan fingerprint density at radius 3 is 2.23 bits per heavy atom. The van der Waals surface area contributed by atoms with E-state index in [2.05, 4.69) is 89.9 Å². The number of carbonyl (C=O) groups is 1. The second kappa shape index (κ2) is 11.2. The Morgan fingerprint density at radius 2 is 1.66 bits per heavy atom. The summed E-state index contributed by atoms with van der Waals surface area (Å²) in [5, 5.41) is 0. The van der Waals surface area contributed by atoms with Gasteiger partial charge in [-0.25, -0.2) is 0 Å². The molecule has 3 aliphatic rings. The first-order valence-corrected chi connectivity index (χ1v) is 13.3. The highest BCUT2D eigenvalue weighted by Gasteiger charge is 2.46. The normalized spacial score (nSPS) is 25.8. The van der Waals surface area contributed by atoms with Crippen LogP contribution >= 0.6 is 0 Å². The van der Waals surface area contributed by atoms with Crippen LogP contribution in [0.2, 0.25) is 0 Å². The maximum atomic E-state index is 13.3. The maximum Gasteiger partial charge on any atom is 0.226 e. The second-order valence-electron chi connectivity index (χ2n) is 11.3. The molecular formula is C30H44N4O. The maximum absolute atomic E-state index is 13.3. The Morgan fingerprint density at radius 1 is 1.00 bits per heavy atom. The predicted molar refractivity (Wildman–Crippen MR) is 145 cm³/mol. The largest absolute Gasteiger partial charge is 0.340 e. The molecule has 5 nitrogen and oxygen atoms in total. The van der Waals surface area contributed by atoms with Crippen LogP contribution in [0.5, 0.6) is 0 Å². The SMILES string of the molecule is C=C/C=C(\C=C)C(c1ccccc1)N1CCN(C(=O)C2CC2CN2CCN(C(C)(C)C)CC2)CC1. The highest BCUT2D eigenvalue weighted by atomic mass is 16.2. The monoisotopic (exact) mass is 476 g/mol. The fraction of sp³-hybridized carbons (Fsp3) is 0.567. The van der Waals surface area contributed by atoms with Gasteiger partial charge in [0.2, 0.25) is 5.91 Å². The van der Waals surface area contributed by atoms with Gasteiger partial charge in [-0.1, -0.05) is 61.7 Å². The first-order valence-electron chi connectivity index (χ1n) is 13.3. The van der Waals surface area contributed by atoms with Gasteiger partial charge in [0, 0.05) is 70.4 Å². The van der Waals surface area contributed by atoms with E-state index >= 15 is 0 Å². The number of allylic oxidation sites excluding steroid dienone is 2. The predicted octanol–water partition coefficient (Wildman–Crippen LogP) is 4.22. The summed E-state index contributed by atoms with van der Waals surface area (Å²) in [6, 6.07) is 10.7. The molecule has 1 aromatic carbocycles. The minimum atomic E-state index is 0.143. The number of carbonyl (C=O) groups excluding carboxylic acids is 1. The molecule has 35 heavy (non-hydrogen) atoms. The van der Waals surface area contributed by atoms with Crippen molar-refractivity contribution in [3.05, 3.63) is 72.9 Å².